The molecule has 0 aliphatic heterocycles. The molecule has 0 bridgehead atoms. The topological polar surface area (TPSA) is 64.4 Å². The molecule has 0 saturated heterocycles. The Kier molecular flexibility index (Phi) is 3.84. The first-order chi connectivity index (χ1) is 9.30. The van der Waals surface area contributed by atoms with Gasteiger partial charge in [-0.1, -0.05) is 6.07 Å². The molecule has 0 saturated carbocycles. The number of ether oxygens (including phenoxy) is 3. The van der Waals surface area contributed by atoms with Gasteiger partial charge in [-0.05, 0) is 24.3 Å². The zero-order valence-electron chi connectivity index (χ0n) is 10.6. The molecule has 0 N–H and O–H groups in total. The molecule has 0 amide bonds. The number of nitrogens with zero attached hydrogens (tertiary/aromatic N) is 2. The van der Waals surface area contributed by atoms with Gasteiger partial charge in [0.25, 0.3) is 0 Å². The van der Waals surface area contributed by atoms with E-state index in [9.17, 15) is 0 Å². The van der Waals surface area contributed by atoms with Crippen molar-refractivity contribution < 1.29 is 14.2 Å². The van der Waals surface area contributed by atoms with Crippen LogP contribution in [0.5, 0.6) is 23.0 Å². The first-order valence-electron chi connectivity index (χ1n) is 5.54. The van der Waals surface area contributed by atoms with E-state index in [0.29, 0.717) is 23.0 Å². The Hall–Kier alpha value is -2.74. The van der Waals surface area contributed by atoms with E-state index in [4.69, 9.17) is 19.5 Å². The summed E-state index contributed by atoms with van der Waals surface area (Å²) in [5.41, 5.74) is 0.204. The molecule has 96 valence electrons. The standard InChI is InChI=1S/C14H12N2O3/c1-17-12-5-3-6-13(18-2)14(12)19-11-7-4-8-16-10(11)9-15/h3-8H,1-2H3. The average Bonchev–Trinajstić information content (AvgIpc) is 2.48. The Morgan fingerprint density at radius 2 is 1.63 bits per heavy atom. The molecule has 2 rings (SSSR count). The van der Waals surface area contributed by atoms with E-state index < -0.39 is 0 Å². The van der Waals surface area contributed by atoms with E-state index in [-0.39, 0.29) is 5.69 Å². The zero-order chi connectivity index (χ0) is 13.7. The second-order valence-corrected chi connectivity index (χ2v) is 3.56. The summed E-state index contributed by atoms with van der Waals surface area (Å²) in [6.07, 6.45) is 1.53. The number of aromatic nitrogens is 1. The number of hydrogen-bond acceptors (Lipinski definition) is 5. The molecular weight excluding hydrogens is 244 g/mol. The number of methoxy groups -OCH3 is 2. The Morgan fingerprint density at radius 1 is 1.00 bits per heavy atom. The van der Waals surface area contributed by atoms with E-state index in [1.807, 2.05) is 6.07 Å². The van der Waals surface area contributed by atoms with Crippen molar-refractivity contribution in [2.75, 3.05) is 14.2 Å². The van der Waals surface area contributed by atoms with Crippen molar-refractivity contribution >= 4 is 0 Å². The normalized spacial score (nSPS) is 9.53. The highest BCUT2D eigenvalue weighted by Gasteiger charge is 2.14. The van der Waals surface area contributed by atoms with Gasteiger partial charge < -0.3 is 14.2 Å². The Balaban J connectivity index is 2.46. The molecule has 1 heterocycles. The van der Waals surface area contributed by atoms with Crippen LogP contribution in [-0.2, 0) is 0 Å². The minimum absolute atomic E-state index is 0.204. The van der Waals surface area contributed by atoms with Gasteiger partial charge >= 0.3 is 0 Å². The minimum Gasteiger partial charge on any atom is -0.493 e. The first-order valence-corrected chi connectivity index (χ1v) is 5.54. The molecule has 0 atom stereocenters. The minimum atomic E-state index is 0.204. The lowest BCUT2D eigenvalue weighted by molar-refractivity contribution is 0.345. The van der Waals surface area contributed by atoms with Crippen LogP contribution in [0.4, 0.5) is 0 Å². The van der Waals surface area contributed by atoms with Crippen molar-refractivity contribution in [3.63, 3.8) is 0 Å². The molecular formula is C14H12N2O3. The van der Waals surface area contributed by atoms with Gasteiger partial charge in [-0.15, -0.1) is 0 Å². The van der Waals surface area contributed by atoms with Crippen molar-refractivity contribution in [1.82, 2.24) is 4.98 Å². The highest BCUT2D eigenvalue weighted by Crippen LogP contribution is 2.40. The van der Waals surface area contributed by atoms with Crippen LogP contribution in [0.25, 0.3) is 0 Å². The van der Waals surface area contributed by atoms with Crippen LogP contribution in [0, 0.1) is 11.3 Å². The fourth-order valence-corrected chi connectivity index (χ4v) is 1.58. The van der Waals surface area contributed by atoms with Crippen LogP contribution >= 0.6 is 0 Å². The lowest BCUT2D eigenvalue weighted by Gasteiger charge is -2.13. The second kappa shape index (κ2) is 5.74. The molecule has 0 unspecified atom stereocenters. The lowest BCUT2D eigenvalue weighted by Crippen LogP contribution is -1.96. The molecule has 0 spiro atoms. The van der Waals surface area contributed by atoms with E-state index in [1.54, 1.807) is 30.3 Å². The lowest BCUT2D eigenvalue weighted by atomic mass is 10.3. The number of para-hydroxylation sites is 1. The van der Waals surface area contributed by atoms with Gasteiger partial charge in [-0.3, -0.25) is 0 Å². The Labute approximate surface area is 111 Å². The number of hydrogen-bond donors (Lipinski definition) is 0. The third kappa shape index (κ3) is 2.58. The van der Waals surface area contributed by atoms with Crippen LogP contribution in [0.1, 0.15) is 5.69 Å². The molecule has 1 aromatic carbocycles. The smallest absolute Gasteiger partial charge is 0.211 e. The molecule has 1 aromatic heterocycles. The summed E-state index contributed by atoms with van der Waals surface area (Å²) in [4.78, 5) is 3.94. The quantitative estimate of drug-likeness (QED) is 0.841. The van der Waals surface area contributed by atoms with Gasteiger partial charge in [0.15, 0.2) is 22.9 Å². The number of rotatable bonds is 4. The second-order valence-electron chi connectivity index (χ2n) is 3.56. The zero-order valence-corrected chi connectivity index (χ0v) is 10.6. The van der Waals surface area contributed by atoms with Crippen molar-refractivity contribution in [3.8, 4) is 29.1 Å². The van der Waals surface area contributed by atoms with Crippen molar-refractivity contribution in [2.45, 2.75) is 0 Å². The van der Waals surface area contributed by atoms with Gasteiger partial charge in [0.05, 0.1) is 14.2 Å². The Bertz CT molecular complexity index is 598. The monoisotopic (exact) mass is 256 g/mol. The maximum absolute atomic E-state index is 8.99. The van der Waals surface area contributed by atoms with Crippen molar-refractivity contribution in [3.05, 3.63) is 42.2 Å². The maximum atomic E-state index is 8.99. The van der Waals surface area contributed by atoms with Crippen LogP contribution in [0.15, 0.2) is 36.5 Å². The van der Waals surface area contributed by atoms with Gasteiger partial charge in [-0.2, -0.15) is 5.26 Å². The molecule has 5 nitrogen and oxygen atoms in total. The highest BCUT2D eigenvalue weighted by molar-refractivity contribution is 5.54. The fraction of sp³-hybridized carbons (Fsp3) is 0.143. The van der Waals surface area contributed by atoms with Gasteiger partial charge in [0.1, 0.15) is 6.07 Å². The number of pyridine rings is 1. The van der Waals surface area contributed by atoms with Gasteiger partial charge in [0.2, 0.25) is 5.75 Å². The first kappa shape index (κ1) is 12.7. The highest BCUT2D eigenvalue weighted by atomic mass is 16.5. The summed E-state index contributed by atoms with van der Waals surface area (Å²) in [6, 6.07) is 10.6. The summed E-state index contributed by atoms with van der Waals surface area (Å²) in [6.45, 7) is 0. The molecule has 0 fully saturated rings. The number of nitriles is 1. The molecule has 5 heteroatoms. The van der Waals surface area contributed by atoms with E-state index in [2.05, 4.69) is 4.98 Å². The summed E-state index contributed by atoms with van der Waals surface area (Å²) < 4.78 is 16.2. The van der Waals surface area contributed by atoms with Crippen LogP contribution in [0.3, 0.4) is 0 Å². The Morgan fingerprint density at radius 3 is 2.21 bits per heavy atom. The van der Waals surface area contributed by atoms with Crippen molar-refractivity contribution in [1.29, 1.82) is 5.26 Å². The fourth-order valence-electron chi connectivity index (χ4n) is 1.58. The predicted octanol–water partition coefficient (Wildman–Crippen LogP) is 2.76. The van der Waals surface area contributed by atoms with Crippen LogP contribution < -0.4 is 14.2 Å². The van der Waals surface area contributed by atoms with Gasteiger partial charge in [-0.25, -0.2) is 4.98 Å². The molecule has 19 heavy (non-hydrogen) atoms. The third-order valence-corrected chi connectivity index (χ3v) is 2.47. The van der Waals surface area contributed by atoms with Crippen molar-refractivity contribution in [2.24, 2.45) is 0 Å². The largest absolute Gasteiger partial charge is 0.493 e. The predicted molar refractivity (Wildman–Crippen MR) is 68.6 cm³/mol. The number of benzene rings is 1. The summed E-state index contributed by atoms with van der Waals surface area (Å²) >= 11 is 0. The summed E-state index contributed by atoms with van der Waals surface area (Å²) in [5, 5.41) is 8.99. The van der Waals surface area contributed by atoms with Gasteiger partial charge in [0, 0.05) is 6.20 Å². The molecule has 0 radical (unpaired) electrons. The van der Waals surface area contributed by atoms with E-state index >= 15 is 0 Å². The van der Waals surface area contributed by atoms with Crippen LogP contribution in [0.2, 0.25) is 0 Å². The van der Waals surface area contributed by atoms with E-state index in [1.165, 1.54) is 20.4 Å². The van der Waals surface area contributed by atoms with Crippen LogP contribution in [-0.4, -0.2) is 19.2 Å². The molecule has 0 aliphatic rings. The summed E-state index contributed by atoms with van der Waals surface area (Å²) in [5.74, 6) is 1.81. The third-order valence-electron chi connectivity index (χ3n) is 2.47. The van der Waals surface area contributed by atoms with E-state index in [0.717, 1.165) is 0 Å². The average molecular weight is 256 g/mol. The SMILES string of the molecule is COc1cccc(OC)c1Oc1cccnc1C#N. The summed E-state index contributed by atoms with van der Waals surface area (Å²) in [7, 11) is 3.08. The molecule has 2 aromatic rings. The maximum Gasteiger partial charge on any atom is 0.211 e. The molecule has 0 aliphatic carbocycles.